The van der Waals surface area contributed by atoms with Crippen LogP contribution in [0, 0.1) is 11.8 Å². The second-order valence-electron chi connectivity index (χ2n) is 17.4. The first-order valence-corrected chi connectivity index (χ1v) is 20.5. The first kappa shape index (κ1) is 45.0. The van der Waals surface area contributed by atoms with Gasteiger partial charge in [-0.05, 0) is 122 Å². The highest BCUT2D eigenvalue weighted by Gasteiger charge is 2.63. The lowest BCUT2D eigenvalue weighted by atomic mass is 9.52. The molecule has 8 nitrogen and oxygen atoms in total. The van der Waals surface area contributed by atoms with Crippen LogP contribution in [0.25, 0.3) is 0 Å². The normalized spacial score (nSPS) is 29.1. The number of hydrogen-bond donors (Lipinski definition) is 3. The van der Waals surface area contributed by atoms with Gasteiger partial charge >= 0.3 is 24.3 Å². The summed E-state index contributed by atoms with van der Waals surface area (Å²) in [5.74, 6) is -2.67. The number of fused-ring (bicyclic) bond motifs is 6. The van der Waals surface area contributed by atoms with E-state index in [1.165, 1.54) is 20.3 Å². The minimum Gasteiger partial charge on any atom is -0.465 e. The summed E-state index contributed by atoms with van der Waals surface area (Å²) in [6.07, 6.45) is -11.2. The molecule has 0 aliphatic heterocycles. The van der Waals surface area contributed by atoms with Crippen molar-refractivity contribution < 1.29 is 65.5 Å². The predicted octanol–water partition coefficient (Wildman–Crippen LogP) is 9.12. The summed E-state index contributed by atoms with van der Waals surface area (Å²) in [6, 6.07) is 28.6. The highest BCUT2D eigenvalue weighted by molar-refractivity contribution is 6.02. The molecule has 0 spiro atoms. The van der Waals surface area contributed by atoms with Crippen molar-refractivity contribution in [3.8, 4) is 0 Å². The maximum absolute atomic E-state index is 13.6. The van der Waals surface area contributed by atoms with Crippen LogP contribution in [0.5, 0.6) is 0 Å². The summed E-state index contributed by atoms with van der Waals surface area (Å²) in [6.45, 7) is 0. The van der Waals surface area contributed by atoms with Gasteiger partial charge in [0, 0.05) is 22.8 Å². The van der Waals surface area contributed by atoms with Crippen molar-refractivity contribution in [3.05, 3.63) is 142 Å². The molecule has 330 valence electrons. The molecule has 0 bridgehead atoms. The Morgan fingerprint density at radius 3 is 1.58 bits per heavy atom. The second kappa shape index (κ2) is 16.6. The van der Waals surface area contributed by atoms with Crippen molar-refractivity contribution in [1.82, 2.24) is 0 Å². The summed E-state index contributed by atoms with van der Waals surface area (Å²) < 4.78 is 91.3. The molecule has 4 aromatic rings. The number of benzene rings is 4. The Morgan fingerprint density at radius 2 is 1.10 bits per heavy atom. The Bertz CT molecular complexity index is 2320. The van der Waals surface area contributed by atoms with Crippen LogP contribution < -0.4 is 0 Å². The molecule has 0 aromatic heterocycles. The van der Waals surface area contributed by atoms with E-state index in [1.54, 1.807) is 30.3 Å². The zero-order valence-corrected chi connectivity index (χ0v) is 34.2. The monoisotopic (exact) mass is 866 g/mol. The Kier molecular flexibility index (Phi) is 12.0. The largest absolute Gasteiger partial charge is 0.465 e. The van der Waals surface area contributed by atoms with Crippen LogP contribution >= 0.6 is 0 Å². The minimum absolute atomic E-state index is 0.0838. The highest BCUT2D eigenvalue weighted by Crippen LogP contribution is 2.60. The van der Waals surface area contributed by atoms with Crippen molar-refractivity contribution in [2.75, 3.05) is 14.2 Å². The van der Waals surface area contributed by atoms with E-state index in [-0.39, 0.29) is 42.6 Å². The summed E-state index contributed by atoms with van der Waals surface area (Å²) in [4.78, 5) is 36.9. The van der Waals surface area contributed by atoms with Crippen LogP contribution in [0.2, 0.25) is 0 Å². The van der Waals surface area contributed by atoms with Crippen molar-refractivity contribution in [2.24, 2.45) is 11.8 Å². The average Bonchev–Trinajstić information content (AvgIpc) is 3.24. The van der Waals surface area contributed by atoms with E-state index in [0.29, 0.717) is 29.5 Å². The third-order valence-corrected chi connectivity index (χ3v) is 14.1. The van der Waals surface area contributed by atoms with Gasteiger partial charge in [-0.3, -0.25) is 4.79 Å². The number of carbonyl (C=O) groups is 3. The fourth-order valence-corrected chi connectivity index (χ4v) is 10.8. The molecule has 14 heteroatoms. The number of halogens is 6. The number of carbonyl (C=O) groups excluding carboxylic acids is 3. The van der Waals surface area contributed by atoms with E-state index in [4.69, 9.17) is 9.47 Å². The van der Waals surface area contributed by atoms with Gasteiger partial charge in [-0.2, -0.15) is 26.3 Å². The molecule has 62 heavy (non-hydrogen) atoms. The van der Waals surface area contributed by atoms with Crippen LogP contribution in [0.15, 0.2) is 97.1 Å². The van der Waals surface area contributed by atoms with E-state index < -0.39 is 89.9 Å². The fraction of sp³-hybridized carbons (Fsp3) is 0.438. The van der Waals surface area contributed by atoms with Crippen LogP contribution in [-0.2, 0) is 33.1 Å². The topological polar surface area (TPSA) is 130 Å². The third-order valence-electron chi connectivity index (χ3n) is 14.1. The van der Waals surface area contributed by atoms with Crippen molar-refractivity contribution >= 4 is 17.7 Å². The zero-order valence-electron chi connectivity index (χ0n) is 34.2. The number of esters is 2. The number of alkyl halides is 6. The third kappa shape index (κ3) is 8.05. The first-order valence-electron chi connectivity index (χ1n) is 20.5. The number of rotatable bonds is 6. The van der Waals surface area contributed by atoms with E-state index in [1.807, 2.05) is 60.7 Å². The fourth-order valence-electron chi connectivity index (χ4n) is 10.8. The second-order valence-corrected chi connectivity index (χ2v) is 17.4. The number of ether oxygens (including phenoxy) is 2. The number of aliphatic hydroxyl groups excluding tert-OH is 1. The minimum atomic E-state index is -4.76. The van der Waals surface area contributed by atoms with Gasteiger partial charge in [-0.15, -0.1) is 0 Å². The Labute approximate surface area is 354 Å². The molecule has 8 rings (SSSR count). The number of hydrogen-bond acceptors (Lipinski definition) is 8. The molecule has 3 N–H and O–H groups in total. The van der Waals surface area contributed by atoms with Crippen molar-refractivity contribution in [2.45, 2.75) is 105 Å². The average molecular weight is 867 g/mol. The van der Waals surface area contributed by atoms with Gasteiger partial charge in [-0.1, -0.05) is 72.8 Å². The standard InChI is InChI=1S/C24H25F3O4.C24H23F3O4/c2*1-31-21(29)16-7-8-19-18(11-16)20(28)12-17-14-23(30,24(25,26)27)10-9-22(17,19)13-15-5-3-2-4-6-15/h2-8,11,17,20,28,30H,9-10,12-14H2,1H3;2-8,11,17,30H,9-10,12-14H2,1H3/t17-,20?,22+,23-;17-,22+,23-/m11/s1. The molecule has 0 amide bonds. The van der Waals surface area contributed by atoms with Crippen molar-refractivity contribution in [3.63, 3.8) is 0 Å². The van der Waals surface area contributed by atoms with Gasteiger partial charge in [0.25, 0.3) is 0 Å². The van der Waals surface area contributed by atoms with Crippen LogP contribution in [0.4, 0.5) is 26.3 Å². The number of Topliss-reactive ketones (excluding diaryl/α,β-unsaturated/α-hetero) is 1. The molecule has 0 heterocycles. The van der Waals surface area contributed by atoms with Crippen LogP contribution in [0.1, 0.15) is 116 Å². The van der Waals surface area contributed by atoms with E-state index in [9.17, 15) is 56.0 Å². The molecule has 2 fully saturated rings. The molecule has 4 aliphatic rings. The number of methoxy groups -OCH3 is 2. The molecular formula is C48H48F6O8. The SMILES string of the molecule is COC(=O)c1ccc2c(c1)C(=O)C[C@@H]1C[C@@](O)(C(F)(F)F)CC[C@@]21Cc1ccccc1.COC(=O)c1ccc2c(c1)C(O)C[C@@H]1C[C@@](O)(C(F)(F)F)CC[C@@]21Cc1ccccc1. The van der Waals surface area contributed by atoms with Crippen LogP contribution in [0.3, 0.4) is 0 Å². The molecule has 4 aromatic carbocycles. The number of aliphatic hydroxyl groups is 3. The molecule has 0 saturated heterocycles. The lowest BCUT2D eigenvalue weighted by Gasteiger charge is -2.54. The first-order chi connectivity index (χ1) is 29.2. The lowest BCUT2D eigenvalue weighted by molar-refractivity contribution is -0.280. The zero-order chi connectivity index (χ0) is 44.9. The van der Waals surface area contributed by atoms with Crippen LogP contribution in [-0.4, -0.2) is 70.8 Å². The maximum Gasteiger partial charge on any atom is 0.417 e. The Balaban J connectivity index is 0.000000186. The molecule has 7 atom stereocenters. The van der Waals surface area contributed by atoms with E-state index in [2.05, 4.69) is 0 Å². The molecule has 4 aliphatic carbocycles. The molecule has 0 radical (unpaired) electrons. The lowest BCUT2D eigenvalue weighted by Crippen LogP contribution is -2.57. The molecule has 1 unspecified atom stereocenters. The summed E-state index contributed by atoms with van der Waals surface area (Å²) >= 11 is 0. The van der Waals surface area contributed by atoms with Gasteiger partial charge in [0.05, 0.1) is 31.5 Å². The van der Waals surface area contributed by atoms with E-state index >= 15 is 0 Å². The Hall–Kier alpha value is -5.05. The van der Waals surface area contributed by atoms with Gasteiger partial charge in [0.15, 0.2) is 17.0 Å². The van der Waals surface area contributed by atoms with Gasteiger partial charge < -0.3 is 24.8 Å². The molecule has 2 saturated carbocycles. The number of ketones is 1. The summed E-state index contributed by atoms with van der Waals surface area (Å²) in [7, 11) is 2.51. The maximum atomic E-state index is 13.6. The van der Waals surface area contributed by atoms with Crippen molar-refractivity contribution in [1.29, 1.82) is 0 Å². The Morgan fingerprint density at radius 1 is 0.645 bits per heavy atom. The summed E-state index contributed by atoms with van der Waals surface area (Å²) in [5, 5.41) is 31.7. The smallest absolute Gasteiger partial charge is 0.417 e. The van der Waals surface area contributed by atoms with Gasteiger partial charge in [0.1, 0.15) is 0 Å². The van der Waals surface area contributed by atoms with Gasteiger partial charge in [0.2, 0.25) is 0 Å². The van der Waals surface area contributed by atoms with Gasteiger partial charge in [-0.25, -0.2) is 9.59 Å². The summed E-state index contributed by atoms with van der Waals surface area (Å²) in [5.41, 5.74) is -2.25. The predicted molar refractivity (Wildman–Crippen MR) is 214 cm³/mol. The quantitative estimate of drug-likeness (QED) is 0.129. The van der Waals surface area contributed by atoms with E-state index in [0.717, 1.165) is 16.7 Å². The molecular weight excluding hydrogens is 819 g/mol. The highest BCUT2D eigenvalue weighted by atomic mass is 19.4.